The number of carbonyl (C=O) groups excluding carboxylic acids is 1. The Morgan fingerprint density at radius 1 is 1.27 bits per heavy atom. The number of nitrogens with zero attached hydrogens (tertiary/aromatic N) is 2. The van der Waals surface area contributed by atoms with Crippen LogP contribution in [0.5, 0.6) is 11.5 Å². The molecule has 1 aromatic carbocycles. The Balaban J connectivity index is 2.29. The summed E-state index contributed by atoms with van der Waals surface area (Å²) < 4.78 is 10.2. The molecule has 1 heterocycles. The lowest BCUT2D eigenvalue weighted by molar-refractivity contribution is -0.385. The zero-order valence-electron chi connectivity index (χ0n) is 12.6. The first-order valence-electron chi connectivity index (χ1n) is 6.93. The highest BCUT2D eigenvalue weighted by Gasteiger charge is 2.24. The number of carbonyl (C=O) groups is 1. The van der Waals surface area contributed by atoms with E-state index >= 15 is 0 Å². The Morgan fingerprint density at radius 3 is 2.45 bits per heavy atom. The first-order valence-corrected chi connectivity index (χ1v) is 6.93. The molecule has 0 bridgehead atoms. The van der Waals surface area contributed by atoms with Gasteiger partial charge in [0.05, 0.1) is 31.3 Å². The van der Waals surface area contributed by atoms with Crippen molar-refractivity contribution in [1.29, 1.82) is 0 Å². The highest BCUT2D eigenvalue weighted by atomic mass is 16.6. The van der Waals surface area contributed by atoms with Crippen LogP contribution in [0.15, 0.2) is 12.1 Å². The Bertz CT molecular complexity index is 570. The highest BCUT2D eigenvalue weighted by Crippen LogP contribution is 2.34. The predicted molar refractivity (Wildman–Crippen MR) is 79.8 cm³/mol. The molecule has 0 saturated carbocycles. The van der Waals surface area contributed by atoms with Crippen molar-refractivity contribution < 1.29 is 19.2 Å². The number of hydrogen-bond acceptors (Lipinski definition) is 7. The van der Waals surface area contributed by atoms with E-state index in [4.69, 9.17) is 9.47 Å². The normalized spacial score (nSPS) is 15.4. The van der Waals surface area contributed by atoms with E-state index in [0.717, 1.165) is 26.2 Å². The maximum absolute atomic E-state index is 12.5. The summed E-state index contributed by atoms with van der Waals surface area (Å²) in [5.41, 5.74) is -0.0412. The molecule has 1 aliphatic rings. The van der Waals surface area contributed by atoms with Crippen molar-refractivity contribution >= 4 is 11.5 Å². The van der Waals surface area contributed by atoms with Crippen molar-refractivity contribution in [1.82, 2.24) is 10.2 Å². The summed E-state index contributed by atoms with van der Waals surface area (Å²) in [6.45, 7) is 3.40. The van der Waals surface area contributed by atoms with Gasteiger partial charge in [-0.15, -0.1) is 0 Å². The van der Waals surface area contributed by atoms with Crippen LogP contribution >= 0.6 is 0 Å². The second kappa shape index (κ2) is 7.19. The standard InChI is InChI=1S/C14H19N3O5/c1-21-13-8-14(22-2)11(17(19)20)7-10(13)12(18)9-16-5-3-15-4-6-16/h7-8,15H,3-6,9H2,1-2H3. The number of methoxy groups -OCH3 is 2. The molecule has 8 nitrogen and oxygen atoms in total. The van der Waals surface area contributed by atoms with Crippen molar-refractivity contribution in [2.24, 2.45) is 0 Å². The molecule has 0 amide bonds. The zero-order valence-corrected chi connectivity index (χ0v) is 12.6. The smallest absolute Gasteiger partial charge is 0.311 e. The first-order chi connectivity index (χ1) is 10.6. The van der Waals surface area contributed by atoms with Gasteiger partial charge in [-0.3, -0.25) is 19.8 Å². The monoisotopic (exact) mass is 309 g/mol. The molecule has 120 valence electrons. The second-order valence-electron chi connectivity index (χ2n) is 4.93. The SMILES string of the molecule is COc1cc(OC)c([N+](=O)[O-])cc1C(=O)CN1CCNCC1. The number of benzene rings is 1. The van der Waals surface area contributed by atoms with E-state index in [0.29, 0.717) is 0 Å². The van der Waals surface area contributed by atoms with Gasteiger partial charge in [0, 0.05) is 38.3 Å². The zero-order chi connectivity index (χ0) is 16.1. The molecule has 0 spiro atoms. The summed E-state index contributed by atoms with van der Waals surface area (Å²) in [4.78, 5) is 25.0. The van der Waals surface area contributed by atoms with Crippen molar-refractivity contribution in [3.63, 3.8) is 0 Å². The maximum Gasteiger partial charge on any atom is 0.311 e. The first kappa shape index (κ1) is 16.2. The van der Waals surface area contributed by atoms with Crippen molar-refractivity contribution in [2.45, 2.75) is 0 Å². The molecule has 0 aliphatic carbocycles. The largest absolute Gasteiger partial charge is 0.496 e. The van der Waals surface area contributed by atoms with Gasteiger partial charge >= 0.3 is 5.69 Å². The maximum atomic E-state index is 12.5. The number of nitro groups is 1. The fourth-order valence-corrected chi connectivity index (χ4v) is 2.40. The third-order valence-corrected chi connectivity index (χ3v) is 3.57. The molecule has 22 heavy (non-hydrogen) atoms. The third-order valence-electron chi connectivity index (χ3n) is 3.57. The lowest BCUT2D eigenvalue weighted by atomic mass is 10.1. The summed E-state index contributed by atoms with van der Waals surface area (Å²) in [6.07, 6.45) is 0. The van der Waals surface area contributed by atoms with Gasteiger partial charge in [0.2, 0.25) is 5.75 Å². The van der Waals surface area contributed by atoms with Crippen molar-refractivity contribution in [3.05, 3.63) is 27.8 Å². The molecule has 0 atom stereocenters. The minimum absolute atomic E-state index is 0.0700. The van der Waals surface area contributed by atoms with Crippen LogP contribution in [-0.4, -0.2) is 62.5 Å². The summed E-state index contributed by atoms with van der Waals surface area (Å²) in [6, 6.07) is 2.60. The van der Waals surface area contributed by atoms with Crippen LogP contribution in [0.3, 0.4) is 0 Å². The van der Waals surface area contributed by atoms with Crippen LogP contribution in [0.2, 0.25) is 0 Å². The number of ketones is 1. The number of piperazine rings is 1. The minimum Gasteiger partial charge on any atom is -0.496 e. The summed E-state index contributed by atoms with van der Waals surface area (Å²) in [5, 5.41) is 14.3. The van der Waals surface area contributed by atoms with Gasteiger partial charge in [0.1, 0.15) is 5.75 Å². The molecule has 0 unspecified atom stereocenters. The quantitative estimate of drug-likeness (QED) is 0.469. The number of rotatable bonds is 6. The van der Waals surface area contributed by atoms with Gasteiger partial charge in [-0.1, -0.05) is 0 Å². The molecule has 2 rings (SSSR count). The summed E-state index contributed by atoms with van der Waals surface area (Å²) >= 11 is 0. The van der Waals surface area contributed by atoms with E-state index in [1.165, 1.54) is 26.4 Å². The topological polar surface area (TPSA) is 93.9 Å². The lowest BCUT2D eigenvalue weighted by Gasteiger charge is -2.26. The fourth-order valence-electron chi connectivity index (χ4n) is 2.40. The molecule has 1 aromatic rings. The fraction of sp³-hybridized carbons (Fsp3) is 0.500. The Kier molecular flexibility index (Phi) is 5.29. The molecule has 1 aliphatic heterocycles. The molecule has 1 N–H and O–H groups in total. The van der Waals surface area contributed by atoms with Crippen LogP contribution in [-0.2, 0) is 0 Å². The van der Waals surface area contributed by atoms with Crippen LogP contribution < -0.4 is 14.8 Å². The Morgan fingerprint density at radius 2 is 1.91 bits per heavy atom. The number of ether oxygens (including phenoxy) is 2. The Labute approximate surface area is 128 Å². The van der Waals surface area contributed by atoms with Crippen LogP contribution in [0.4, 0.5) is 5.69 Å². The molecule has 1 saturated heterocycles. The molecule has 0 radical (unpaired) electrons. The van der Waals surface area contributed by atoms with E-state index in [9.17, 15) is 14.9 Å². The molecular weight excluding hydrogens is 290 g/mol. The Hall–Kier alpha value is -2.19. The van der Waals surface area contributed by atoms with Gasteiger partial charge < -0.3 is 14.8 Å². The average molecular weight is 309 g/mol. The van der Waals surface area contributed by atoms with E-state index in [2.05, 4.69) is 5.32 Å². The van der Waals surface area contributed by atoms with E-state index < -0.39 is 4.92 Å². The summed E-state index contributed by atoms with van der Waals surface area (Å²) in [5.74, 6) is 0.146. The van der Waals surface area contributed by atoms with Gasteiger partial charge in [-0.25, -0.2) is 0 Å². The minimum atomic E-state index is -0.570. The van der Waals surface area contributed by atoms with Crippen molar-refractivity contribution in [2.75, 3.05) is 46.9 Å². The number of Topliss-reactive ketones (excluding diaryl/α,β-unsaturated/α-hetero) is 1. The van der Waals surface area contributed by atoms with Crippen molar-refractivity contribution in [3.8, 4) is 11.5 Å². The van der Waals surface area contributed by atoms with Crippen LogP contribution in [0.1, 0.15) is 10.4 Å². The number of nitrogens with one attached hydrogen (secondary N) is 1. The lowest BCUT2D eigenvalue weighted by Crippen LogP contribution is -2.45. The molecule has 0 aromatic heterocycles. The number of hydrogen-bond donors (Lipinski definition) is 1. The summed E-state index contributed by atoms with van der Waals surface area (Å²) in [7, 11) is 2.76. The highest BCUT2D eigenvalue weighted by molar-refractivity contribution is 6.01. The third kappa shape index (κ3) is 3.52. The van der Waals surface area contributed by atoms with E-state index in [-0.39, 0.29) is 35.1 Å². The van der Waals surface area contributed by atoms with E-state index in [1.807, 2.05) is 4.90 Å². The van der Waals surface area contributed by atoms with Gasteiger partial charge in [0.25, 0.3) is 0 Å². The van der Waals surface area contributed by atoms with Gasteiger partial charge in [-0.2, -0.15) is 0 Å². The molecular formula is C14H19N3O5. The van der Waals surface area contributed by atoms with Crippen LogP contribution in [0.25, 0.3) is 0 Å². The number of nitro benzene ring substituents is 1. The average Bonchev–Trinajstić information content (AvgIpc) is 2.54. The second-order valence-corrected chi connectivity index (χ2v) is 4.93. The molecule has 1 fully saturated rings. The molecule has 8 heteroatoms. The van der Waals surface area contributed by atoms with Crippen LogP contribution in [0, 0.1) is 10.1 Å². The van der Waals surface area contributed by atoms with Gasteiger partial charge in [0.15, 0.2) is 5.78 Å². The van der Waals surface area contributed by atoms with E-state index in [1.54, 1.807) is 0 Å². The predicted octanol–water partition coefficient (Wildman–Crippen LogP) is 0.700. The van der Waals surface area contributed by atoms with Gasteiger partial charge in [-0.05, 0) is 0 Å².